The standard InChI is InChI=1S/C13H17F3O2S/c1-4-12(2,3)10-5-7-11(8-6-10)19(17,18)13(15,16)9-14/h5-8H,4,9H2,1-3H3. The molecule has 0 atom stereocenters. The van der Waals surface area contributed by atoms with E-state index >= 15 is 0 Å². The van der Waals surface area contributed by atoms with Crippen molar-refractivity contribution in [2.75, 3.05) is 6.67 Å². The quantitative estimate of drug-likeness (QED) is 0.829. The van der Waals surface area contributed by atoms with Crippen LogP contribution in [0.15, 0.2) is 29.2 Å². The van der Waals surface area contributed by atoms with E-state index in [1.165, 1.54) is 12.1 Å². The summed E-state index contributed by atoms with van der Waals surface area (Å²) in [6.07, 6.45) is 0.819. The van der Waals surface area contributed by atoms with Gasteiger partial charge in [-0.2, -0.15) is 8.78 Å². The van der Waals surface area contributed by atoms with Crippen molar-refractivity contribution in [1.82, 2.24) is 0 Å². The van der Waals surface area contributed by atoms with E-state index in [-0.39, 0.29) is 5.41 Å². The number of alkyl halides is 3. The lowest BCUT2D eigenvalue weighted by Crippen LogP contribution is -2.31. The first kappa shape index (κ1) is 16.0. The van der Waals surface area contributed by atoms with E-state index in [1.54, 1.807) is 0 Å². The Morgan fingerprint density at radius 3 is 1.95 bits per heavy atom. The van der Waals surface area contributed by atoms with Crippen LogP contribution in [0.25, 0.3) is 0 Å². The molecule has 0 saturated carbocycles. The molecule has 0 bridgehead atoms. The van der Waals surface area contributed by atoms with Gasteiger partial charge >= 0.3 is 5.25 Å². The van der Waals surface area contributed by atoms with Gasteiger partial charge in [0.05, 0.1) is 4.90 Å². The first-order chi connectivity index (χ1) is 8.58. The lowest BCUT2D eigenvalue weighted by atomic mass is 9.82. The van der Waals surface area contributed by atoms with Crippen molar-refractivity contribution in [3.63, 3.8) is 0 Å². The molecule has 1 aromatic carbocycles. The number of halogens is 3. The highest BCUT2D eigenvalue weighted by molar-refractivity contribution is 7.92. The number of hydrogen-bond donors (Lipinski definition) is 0. The van der Waals surface area contributed by atoms with E-state index in [2.05, 4.69) is 0 Å². The van der Waals surface area contributed by atoms with E-state index in [4.69, 9.17) is 0 Å². The first-order valence-corrected chi connectivity index (χ1v) is 7.36. The van der Waals surface area contributed by atoms with Gasteiger partial charge in [-0.25, -0.2) is 12.8 Å². The predicted molar refractivity (Wildman–Crippen MR) is 67.9 cm³/mol. The summed E-state index contributed by atoms with van der Waals surface area (Å²) in [4.78, 5) is -0.564. The summed E-state index contributed by atoms with van der Waals surface area (Å²) in [6.45, 7) is 3.68. The minimum absolute atomic E-state index is 0.176. The average molecular weight is 294 g/mol. The molecule has 19 heavy (non-hydrogen) atoms. The Morgan fingerprint density at radius 2 is 1.58 bits per heavy atom. The van der Waals surface area contributed by atoms with Crippen molar-refractivity contribution >= 4 is 9.84 Å². The van der Waals surface area contributed by atoms with Gasteiger partial charge in [-0.1, -0.05) is 32.9 Å². The Hall–Kier alpha value is -1.04. The molecule has 0 fully saturated rings. The molecule has 0 aliphatic rings. The second kappa shape index (κ2) is 5.15. The molecule has 0 heterocycles. The molecule has 0 aliphatic carbocycles. The van der Waals surface area contributed by atoms with Gasteiger partial charge in [0.25, 0.3) is 0 Å². The van der Waals surface area contributed by atoms with Crippen LogP contribution in [-0.4, -0.2) is 20.3 Å². The maximum absolute atomic E-state index is 13.1. The fourth-order valence-electron chi connectivity index (χ4n) is 1.53. The zero-order chi connectivity index (χ0) is 14.9. The molecule has 0 N–H and O–H groups in total. The van der Waals surface area contributed by atoms with Crippen molar-refractivity contribution in [3.8, 4) is 0 Å². The smallest absolute Gasteiger partial charge is 0.243 e. The minimum Gasteiger partial charge on any atom is -0.243 e. The Labute approximate surface area is 111 Å². The van der Waals surface area contributed by atoms with Crippen LogP contribution in [0.1, 0.15) is 32.8 Å². The van der Waals surface area contributed by atoms with Crippen LogP contribution in [0.2, 0.25) is 0 Å². The SMILES string of the molecule is CCC(C)(C)c1ccc(S(=O)(=O)C(F)(F)CF)cc1. The highest BCUT2D eigenvalue weighted by atomic mass is 32.2. The summed E-state index contributed by atoms with van der Waals surface area (Å²) in [5.41, 5.74) is 0.669. The van der Waals surface area contributed by atoms with E-state index in [0.29, 0.717) is 0 Å². The van der Waals surface area contributed by atoms with Crippen LogP contribution in [0.3, 0.4) is 0 Å². The number of hydrogen-bond acceptors (Lipinski definition) is 2. The average Bonchev–Trinajstić information content (AvgIpc) is 2.38. The van der Waals surface area contributed by atoms with Crippen molar-refractivity contribution in [1.29, 1.82) is 0 Å². The molecule has 6 heteroatoms. The van der Waals surface area contributed by atoms with Gasteiger partial charge in [0, 0.05) is 0 Å². The molecule has 0 amide bonds. The summed E-state index contributed by atoms with van der Waals surface area (Å²) in [5.74, 6) is 0. The molecule has 108 valence electrons. The molecule has 0 saturated heterocycles. The minimum atomic E-state index is -4.97. The van der Waals surface area contributed by atoms with Crippen molar-refractivity contribution in [3.05, 3.63) is 29.8 Å². The Kier molecular flexibility index (Phi) is 4.34. The molecule has 2 nitrogen and oxygen atoms in total. The Morgan fingerprint density at radius 1 is 1.11 bits per heavy atom. The molecule has 0 spiro atoms. The third-order valence-electron chi connectivity index (χ3n) is 3.38. The third kappa shape index (κ3) is 2.94. The summed E-state index contributed by atoms with van der Waals surface area (Å²) in [6, 6.07) is 5.19. The van der Waals surface area contributed by atoms with Crippen molar-refractivity contribution in [2.24, 2.45) is 0 Å². The van der Waals surface area contributed by atoms with Crippen LogP contribution in [-0.2, 0) is 15.3 Å². The molecule has 0 aliphatic heterocycles. The Bertz CT molecular complexity index is 534. The van der Waals surface area contributed by atoms with Crippen molar-refractivity contribution in [2.45, 2.75) is 42.8 Å². The summed E-state index contributed by atoms with van der Waals surface area (Å²) in [7, 11) is -4.97. The summed E-state index contributed by atoms with van der Waals surface area (Å²) < 4.78 is 61.3. The predicted octanol–water partition coefficient (Wildman–Crippen LogP) is 3.71. The maximum atomic E-state index is 13.1. The molecular formula is C13H17F3O2S. The molecule has 0 unspecified atom stereocenters. The first-order valence-electron chi connectivity index (χ1n) is 5.87. The zero-order valence-electron chi connectivity index (χ0n) is 11.1. The second-order valence-corrected chi connectivity index (χ2v) is 7.11. The van der Waals surface area contributed by atoms with Gasteiger partial charge in [-0.05, 0) is 29.5 Å². The van der Waals surface area contributed by atoms with Crippen LogP contribution >= 0.6 is 0 Å². The fraction of sp³-hybridized carbons (Fsp3) is 0.538. The zero-order valence-corrected chi connectivity index (χ0v) is 11.9. The summed E-state index contributed by atoms with van der Waals surface area (Å²) in [5, 5.41) is -4.38. The van der Waals surface area contributed by atoms with Gasteiger partial charge in [0.15, 0.2) is 6.67 Å². The van der Waals surface area contributed by atoms with Crippen molar-refractivity contribution < 1.29 is 21.6 Å². The monoisotopic (exact) mass is 294 g/mol. The van der Waals surface area contributed by atoms with Gasteiger partial charge in [-0.15, -0.1) is 0 Å². The molecule has 0 radical (unpaired) electrons. The third-order valence-corrected chi connectivity index (χ3v) is 5.17. The van der Waals surface area contributed by atoms with E-state index in [1.807, 2.05) is 20.8 Å². The largest absolute Gasteiger partial charge is 0.377 e. The number of sulfone groups is 1. The fourth-order valence-corrected chi connectivity index (χ4v) is 2.52. The van der Waals surface area contributed by atoms with Crippen LogP contribution < -0.4 is 0 Å². The van der Waals surface area contributed by atoms with Gasteiger partial charge in [-0.3, -0.25) is 0 Å². The number of rotatable bonds is 5. The summed E-state index contributed by atoms with van der Waals surface area (Å²) >= 11 is 0. The molecular weight excluding hydrogens is 277 g/mol. The van der Waals surface area contributed by atoms with Gasteiger partial charge < -0.3 is 0 Å². The van der Waals surface area contributed by atoms with Crippen LogP contribution in [0.5, 0.6) is 0 Å². The van der Waals surface area contributed by atoms with Gasteiger partial charge in [0.1, 0.15) is 0 Å². The highest BCUT2D eigenvalue weighted by Crippen LogP contribution is 2.32. The normalized spacial score (nSPS) is 13.6. The van der Waals surface area contributed by atoms with Crippen LogP contribution in [0, 0.1) is 0 Å². The van der Waals surface area contributed by atoms with E-state index in [0.717, 1.165) is 24.1 Å². The lowest BCUT2D eigenvalue weighted by Gasteiger charge is -2.23. The second-order valence-electron chi connectivity index (χ2n) is 5.04. The lowest BCUT2D eigenvalue weighted by molar-refractivity contribution is 0.0620. The molecule has 1 aromatic rings. The number of benzene rings is 1. The topological polar surface area (TPSA) is 34.1 Å². The molecule has 0 aromatic heterocycles. The molecule has 1 rings (SSSR count). The van der Waals surface area contributed by atoms with E-state index in [9.17, 15) is 21.6 Å². The van der Waals surface area contributed by atoms with Gasteiger partial charge in [0.2, 0.25) is 9.84 Å². The highest BCUT2D eigenvalue weighted by Gasteiger charge is 2.46. The Balaban J connectivity index is 3.21. The maximum Gasteiger partial charge on any atom is 0.377 e. The van der Waals surface area contributed by atoms with E-state index < -0.39 is 26.7 Å². The van der Waals surface area contributed by atoms with Crippen LogP contribution in [0.4, 0.5) is 13.2 Å².